The molecule has 6 heteroatoms. The van der Waals surface area contributed by atoms with Gasteiger partial charge in [0.15, 0.2) is 4.34 Å². The Hall–Kier alpha value is -1.11. The second-order valence-electron chi connectivity index (χ2n) is 4.35. The number of methoxy groups -OCH3 is 1. The first-order valence-corrected chi connectivity index (χ1v) is 8.30. The van der Waals surface area contributed by atoms with Crippen LogP contribution in [0.2, 0.25) is 0 Å². The average molecular weight is 309 g/mol. The summed E-state index contributed by atoms with van der Waals surface area (Å²) < 4.78 is 6.47. The van der Waals surface area contributed by atoms with Crippen molar-refractivity contribution in [3.05, 3.63) is 29.3 Å². The number of aromatic nitrogens is 2. The summed E-state index contributed by atoms with van der Waals surface area (Å²) in [4.78, 5) is 1.16. The molecule has 1 aromatic carbocycles. The highest BCUT2D eigenvalue weighted by Crippen LogP contribution is 2.38. The second-order valence-corrected chi connectivity index (χ2v) is 6.48. The fourth-order valence-corrected chi connectivity index (χ4v) is 3.66. The third kappa shape index (κ3) is 3.71. The van der Waals surface area contributed by atoms with E-state index in [1.165, 1.54) is 5.56 Å². The van der Waals surface area contributed by atoms with E-state index in [0.29, 0.717) is 0 Å². The summed E-state index contributed by atoms with van der Waals surface area (Å²) in [5.41, 5.74) is 2.93. The molecular weight excluding hydrogens is 290 g/mol. The molecule has 0 amide bonds. The fourth-order valence-electron chi connectivity index (χ4n) is 1.98. The van der Waals surface area contributed by atoms with Gasteiger partial charge in [-0.05, 0) is 32.0 Å². The summed E-state index contributed by atoms with van der Waals surface area (Å²) in [5, 5.41) is 11.5. The third-order valence-electron chi connectivity index (χ3n) is 2.92. The predicted molar refractivity (Wildman–Crippen MR) is 83.7 cm³/mol. The predicted octanol–water partition coefficient (Wildman–Crippen LogP) is 3.76. The summed E-state index contributed by atoms with van der Waals surface area (Å²) in [6.07, 6.45) is 1.11. The Balaban J connectivity index is 2.30. The molecule has 0 fully saturated rings. The van der Waals surface area contributed by atoms with Gasteiger partial charge in [0, 0.05) is 16.5 Å². The largest absolute Gasteiger partial charge is 0.496 e. The van der Waals surface area contributed by atoms with Gasteiger partial charge in [0.1, 0.15) is 11.3 Å². The minimum atomic E-state index is 0.238. The van der Waals surface area contributed by atoms with Crippen LogP contribution in [-0.4, -0.2) is 23.9 Å². The second kappa shape index (κ2) is 7.61. The van der Waals surface area contributed by atoms with E-state index < -0.39 is 0 Å². The Kier molecular flexibility index (Phi) is 5.82. The Bertz CT molecular complexity index is 531. The molecule has 0 saturated heterocycles. The lowest BCUT2D eigenvalue weighted by Crippen LogP contribution is -2.20. The highest BCUT2D eigenvalue weighted by molar-refractivity contribution is 8.01. The molecule has 1 atom stereocenters. The van der Waals surface area contributed by atoms with Gasteiger partial charge in [-0.3, -0.25) is 0 Å². The van der Waals surface area contributed by atoms with Gasteiger partial charge in [0.25, 0.3) is 0 Å². The molecule has 108 valence electrons. The molecule has 1 heterocycles. The molecule has 4 nitrogen and oxygen atoms in total. The maximum atomic E-state index is 5.52. The van der Waals surface area contributed by atoms with E-state index in [1.54, 1.807) is 35.7 Å². The zero-order valence-corrected chi connectivity index (χ0v) is 13.6. The molecule has 0 aliphatic carbocycles. The SMILES string of the molecule is CCCNC(C)c1c(OC)cccc1Sc1nncs1. The number of rotatable bonds is 7. The van der Waals surface area contributed by atoms with Gasteiger partial charge in [-0.2, -0.15) is 0 Å². The van der Waals surface area contributed by atoms with Crippen LogP contribution in [0.15, 0.2) is 32.9 Å². The van der Waals surface area contributed by atoms with E-state index in [-0.39, 0.29) is 6.04 Å². The van der Waals surface area contributed by atoms with Crippen molar-refractivity contribution in [2.75, 3.05) is 13.7 Å². The molecule has 0 bridgehead atoms. The molecule has 0 aliphatic heterocycles. The van der Waals surface area contributed by atoms with Crippen LogP contribution >= 0.6 is 23.1 Å². The van der Waals surface area contributed by atoms with Crippen LogP contribution < -0.4 is 10.1 Å². The number of hydrogen-bond donors (Lipinski definition) is 1. The van der Waals surface area contributed by atoms with Crippen LogP contribution in [0.5, 0.6) is 5.75 Å². The smallest absolute Gasteiger partial charge is 0.178 e. The normalized spacial score (nSPS) is 12.3. The monoisotopic (exact) mass is 309 g/mol. The standard InChI is InChI=1S/C14H19N3OS2/c1-4-8-15-10(2)13-11(18-3)6-5-7-12(13)20-14-17-16-9-19-14/h5-7,9-10,15H,4,8H2,1-3H3. The summed E-state index contributed by atoms with van der Waals surface area (Å²) >= 11 is 3.19. The number of nitrogens with one attached hydrogen (secondary N) is 1. The first kappa shape index (κ1) is 15.3. The summed E-state index contributed by atoms with van der Waals surface area (Å²) in [7, 11) is 1.71. The van der Waals surface area contributed by atoms with E-state index in [0.717, 1.165) is 28.0 Å². The zero-order valence-electron chi connectivity index (χ0n) is 11.9. The summed E-state index contributed by atoms with van der Waals surface area (Å²) in [5.74, 6) is 0.913. The molecule has 2 rings (SSSR count). The van der Waals surface area contributed by atoms with E-state index in [4.69, 9.17) is 4.74 Å². The van der Waals surface area contributed by atoms with Gasteiger partial charge in [-0.25, -0.2) is 0 Å². The Labute approximate surface area is 128 Å². The fraction of sp³-hybridized carbons (Fsp3) is 0.429. The maximum Gasteiger partial charge on any atom is 0.178 e. The molecule has 20 heavy (non-hydrogen) atoms. The Morgan fingerprint density at radius 2 is 2.30 bits per heavy atom. The van der Waals surface area contributed by atoms with Gasteiger partial charge < -0.3 is 10.1 Å². The minimum Gasteiger partial charge on any atom is -0.496 e. The van der Waals surface area contributed by atoms with Crippen LogP contribution in [0.25, 0.3) is 0 Å². The van der Waals surface area contributed by atoms with Crippen molar-refractivity contribution in [1.82, 2.24) is 15.5 Å². The maximum absolute atomic E-state index is 5.52. The number of nitrogens with zero attached hydrogens (tertiary/aromatic N) is 2. The minimum absolute atomic E-state index is 0.238. The van der Waals surface area contributed by atoms with E-state index in [1.807, 2.05) is 12.1 Å². The van der Waals surface area contributed by atoms with Crippen LogP contribution in [0, 0.1) is 0 Å². The van der Waals surface area contributed by atoms with Crippen molar-refractivity contribution in [3.8, 4) is 5.75 Å². The molecule has 2 aromatic rings. The van der Waals surface area contributed by atoms with Crippen molar-refractivity contribution >= 4 is 23.1 Å². The Morgan fingerprint density at radius 3 is 2.95 bits per heavy atom. The van der Waals surface area contributed by atoms with Crippen molar-refractivity contribution < 1.29 is 4.74 Å². The lowest BCUT2D eigenvalue weighted by Gasteiger charge is -2.20. The van der Waals surface area contributed by atoms with Gasteiger partial charge >= 0.3 is 0 Å². The lowest BCUT2D eigenvalue weighted by atomic mass is 10.1. The van der Waals surface area contributed by atoms with Crippen LogP contribution in [0.1, 0.15) is 31.9 Å². The van der Waals surface area contributed by atoms with Crippen LogP contribution in [-0.2, 0) is 0 Å². The van der Waals surface area contributed by atoms with Crippen molar-refractivity contribution in [2.24, 2.45) is 0 Å². The van der Waals surface area contributed by atoms with Crippen molar-refractivity contribution in [3.63, 3.8) is 0 Å². The summed E-state index contributed by atoms with van der Waals surface area (Å²) in [6.45, 7) is 5.32. The topological polar surface area (TPSA) is 47.0 Å². The van der Waals surface area contributed by atoms with Gasteiger partial charge in [0.05, 0.1) is 7.11 Å². The van der Waals surface area contributed by atoms with E-state index >= 15 is 0 Å². The highest BCUT2D eigenvalue weighted by atomic mass is 32.2. The number of hydrogen-bond acceptors (Lipinski definition) is 6. The van der Waals surface area contributed by atoms with E-state index in [9.17, 15) is 0 Å². The molecule has 1 aromatic heterocycles. The van der Waals surface area contributed by atoms with Crippen LogP contribution in [0.3, 0.4) is 0 Å². The molecule has 0 spiro atoms. The molecule has 0 aliphatic rings. The van der Waals surface area contributed by atoms with Crippen LogP contribution in [0.4, 0.5) is 0 Å². The molecule has 0 radical (unpaired) electrons. The molecule has 1 unspecified atom stereocenters. The first-order chi connectivity index (χ1) is 9.76. The number of benzene rings is 1. The highest BCUT2D eigenvalue weighted by Gasteiger charge is 2.17. The van der Waals surface area contributed by atoms with Gasteiger partial charge in [0.2, 0.25) is 0 Å². The summed E-state index contributed by atoms with van der Waals surface area (Å²) in [6, 6.07) is 6.36. The van der Waals surface area contributed by atoms with Gasteiger partial charge in [-0.15, -0.1) is 10.2 Å². The van der Waals surface area contributed by atoms with E-state index in [2.05, 4.69) is 35.4 Å². The molecule has 1 N–H and O–H groups in total. The lowest BCUT2D eigenvalue weighted by molar-refractivity contribution is 0.399. The average Bonchev–Trinajstić information content (AvgIpc) is 2.97. The quantitative estimate of drug-likeness (QED) is 0.844. The molecule has 0 saturated carbocycles. The Morgan fingerprint density at radius 1 is 1.45 bits per heavy atom. The zero-order chi connectivity index (χ0) is 14.4. The first-order valence-electron chi connectivity index (χ1n) is 6.60. The number of ether oxygens (including phenoxy) is 1. The van der Waals surface area contributed by atoms with Crippen molar-refractivity contribution in [2.45, 2.75) is 35.5 Å². The van der Waals surface area contributed by atoms with Gasteiger partial charge in [-0.1, -0.05) is 36.1 Å². The third-order valence-corrected chi connectivity index (χ3v) is 4.77. The molecular formula is C14H19N3OS2. The van der Waals surface area contributed by atoms with Crippen molar-refractivity contribution in [1.29, 1.82) is 0 Å².